The van der Waals surface area contributed by atoms with Crippen molar-refractivity contribution in [3.05, 3.63) is 53.1 Å². The van der Waals surface area contributed by atoms with Gasteiger partial charge in [-0.1, -0.05) is 29.8 Å². The van der Waals surface area contributed by atoms with E-state index in [0.717, 1.165) is 5.69 Å². The summed E-state index contributed by atoms with van der Waals surface area (Å²) in [7, 11) is 1.50. The van der Waals surface area contributed by atoms with Crippen LogP contribution in [-0.2, 0) is 4.74 Å². The minimum Gasteiger partial charge on any atom is -0.495 e. The molecule has 0 radical (unpaired) electrons. The van der Waals surface area contributed by atoms with Crippen LogP contribution < -0.4 is 15.5 Å². The highest BCUT2D eigenvalue weighted by atomic mass is 35.5. The normalized spacial score (nSPS) is 11.3. The lowest BCUT2D eigenvalue weighted by molar-refractivity contribution is 0.0636. The molecule has 6 nitrogen and oxygen atoms in total. The number of nitrogens with one attached hydrogen (secondary N) is 2. The van der Waals surface area contributed by atoms with E-state index in [1.165, 1.54) is 7.11 Å². The Balaban J connectivity index is 2.23. The molecule has 0 saturated heterocycles. The third-order valence-corrected chi connectivity index (χ3v) is 3.43. The van der Waals surface area contributed by atoms with E-state index in [1.54, 1.807) is 39.1 Å². The van der Waals surface area contributed by atoms with Gasteiger partial charge < -0.3 is 9.47 Å². The van der Waals surface area contributed by atoms with E-state index in [2.05, 4.69) is 15.8 Å². The molecule has 2 N–H and O–H groups in total. The van der Waals surface area contributed by atoms with Crippen molar-refractivity contribution in [2.75, 3.05) is 17.9 Å². The van der Waals surface area contributed by atoms with Crippen LogP contribution in [-0.4, -0.2) is 25.0 Å². The van der Waals surface area contributed by atoms with Gasteiger partial charge in [-0.05, 0) is 39.0 Å². The smallest absolute Gasteiger partial charge is 0.412 e. The maximum absolute atomic E-state index is 12.1. The molecule has 0 aromatic heterocycles. The Labute approximate surface area is 158 Å². The molecular weight excluding hydrogens is 354 g/mol. The summed E-state index contributed by atoms with van der Waals surface area (Å²) in [6, 6.07) is 12.8. The number of ether oxygens (including phenoxy) is 2. The molecular formula is C19H22ClN3O3. The zero-order valence-corrected chi connectivity index (χ0v) is 15.9. The van der Waals surface area contributed by atoms with Crippen LogP contribution in [0.15, 0.2) is 47.6 Å². The Morgan fingerprint density at radius 2 is 1.88 bits per heavy atom. The van der Waals surface area contributed by atoms with Crippen molar-refractivity contribution in [1.82, 2.24) is 0 Å². The fourth-order valence-electron chi connectivity index (χ4n) is 2.04. The van der Waals surface area contributed by atoms with E-state index in [0.29, 0.717) is 22.0 Å². The summed E-state index contributed by atoms with van der Waals surface area (Å²) in [5.74, 6) is 0.436. The fraction of sp³-hybridized carbons (Fsp3) is 0.263. The zero-order chi connectivity index (χ0) is 19.2. The molecule has 1 amide bonds. The zero-order valence-electron chi connectivity index (χ0n) is 15.2. The minimum absolute atomic E-state index is 0.406. The molecule has 0 aliphatic carbocycles. The van der Waals surface area contributed by atoms with Crippen LogP contribution >= 0.6 is 11.6 Å². The number of carbonyl (C=O) groups is 1. The predicted octanol–water partition coefficient (Wildman–Crippen LogP) is 5.14. The van der Waals surface area contributed by atoms with Gasteiger partial charge >= 0.3 is 6.09 Å². The molecule has 7 heteroatoms. The van der Waals surface area contributed by atoms with Gasteiger partial charge in [0.25, 0.3) is 0 Å². The second kappa shape index (κ2) is 8.58. The van der Waals surface area contributed by atoms with Crippen molar-refractivity contribution in [3.8, 4) is 5.75 Å². The van der Waals surface area contributed by atoms with Crippen molar-refractivity contribution in [3.63, 3.8) is 0 Å². The second-order valence-corrected chi connectivity index (χ2v) is 6.84. The van der Waals surface area contributed by atoms with Crippen LogP contribution in [0.3, 0.4) is 0 Å². The number of hydrogen-bond acceptors (Lipinski definition) is 5. The van der Waals surface area contributed by atoms with E-state index < -0.39 is 11.7 Å². The number of nitrogens with zero attached hydrogens (tertiary/aromatic N) is 1. The first-order valence-electron chi connectivity index (χ1n) is 8.00. The maximum atomic E-state index is 12.1. The lowest BCUT2D eigenvalue weighted by atomic mass is 10.2. The quantitative estimate of drug-likeness (QED) is 0.560. The lowest BCUT2D eigenvalue weighted by Crippen LogP contribution is -2.27. The largest absolute Gasteiger partial charge is 0.495 e. The number of carbonyl (C=O) groups excluding carboxylic acids is 1. The average Bonchev–Trinajstić information content (AvgIpc) is 2.56. The first-order chi connectivity index (χ1) is 12.3. The van der Waals surface area contributed by atoms with Crippen molar-refractivity contribution >= 4 is 35.3 Å². The van der Waals surface area contributed by atoms with E-state index in [4.69, 9.17) is 21.1 Å². The molecule has 0 saturated carbocycles. The number of anilines is 2. The summed E-state index contributed by atoms with van der Waals surface area (Å²) >= 11 is 6.19. The van der Waals surface area contributed by atoms with Crippen LogP contribution in [0.1, 0.15) is 26.3 Å². The van der Waals surface area contributed by atoms with Gasteiger partial charge in [0, 0.05) is 11.6 Å². The van der Waals surface area contributed by atoms with Crippen LogP contribution in [0.25, 0.3) is 0 Å². The number of para-hydroxylation sites is 1. The average molecular weight is 376 g/mol. The highest BCUT2D eigenvalue weighted by Gasteiger charge is 2.18. The van der Waals surface area contributed by atoms with Crippen LogP contribution in [0.2, 0.25) is 5.02 Å². The first kappa shape index (κ1) is 19.6. The molecule has 0 atom stereocenters. The molecule has 0 unspecified atom stereocenters. The summed E-state index contributed by atoms with van der Waals surface area (Å²) in [6.45, 7) is 5.38. The van der Waals surface area contributed by atoms with Crippen LogP contribution in [0.5, 0.6) is 5.75 Å². The van der Waals surface area contributed by atoms with Gasteiger partial charge in [0.05, 0.1) is 29.7 Å². The molecule has 138 valence electrons. The Morgan fingerprint density at radius 1 is 1.19 bits per heavy atom. The maximum Gasteiger partial charge on any atom is 0.412 e. The number of methoxy groups -OCH3 is 1. The molecule has 0 aliphatic heterocycles. The van der Waals surface area contributed by atoms with Crippen molar-refractivity contribution in [1.29, 1.82) is 0 Å². The van der Waals surface area contributed by atoms with Crippen LogP contribution in [0.4, 0.5) is 16.2 Å². The van der Waals surface area contributed by atoms with Gasteiger partial charge in [0.15, 0.2) is 0 Å². The van der Waals surface area contributed by atoms with Crippen molar-refractivity contribution in [2.24, 2.45) is 5.10 Å². The van der Waals surface area contributed by atoms with Crippen molar-refractivity contribution in [2.45, 2.75) is 26.4 Å². The summed E-state index contributed by atoms with van der Waals surface area (Å²) in [6.07, 6.45) is 0.984. The number of hydrazone groups is 1. The molecule has 0 heterocycles. The summed E-state index contributed by atoms with van der Waals surface area (Å²) in [5.41, 5.74) is 4.22. The fourth-order valence-corrected chi connectivity index (χ4v) is 2.29. The highest BCUT2D eigenvalue weighted by Crippen LogP contribution is 2.30. The minimum atomic E-state index is -0.607. The second-order valence-electron chi connectivity index (χ2n) is 6.44. The molecule has 26 heavy (non-hydrogen) atoms. The standard InChI is InChI=1S/C19H22ClN3O3/c1-19(2,3)26-18(24)22-16-11-17(25-4)15(20)10-13(16)12-21-23-14-8-6-5-7-9-14/h5-12,23H,1-4H3,(H,22,24). The van der Waals surface area contributed by atoms with Crippen molar-refractivity contribution < 1.29 is 14.3 Å². The molecule has 0 spiro atoms. The van der Waals surface area contributed by atoms with E-state index >= 15 is 0 Å². The van der Waals surface area contributed by atoms with E-state index in [-0.39, 0.29) is 0 Å². The van der Waals surface area contributed by atoms with Crippen LogP contribution in [0, 0.1) is 0 Å². The number of hydrogen-bond donors (Lipinski definition) is 2. The van der Waals surface area contributed by atoms with Gasteiger partial charge in [-0.25, -0.2) is 4.79 Å². The third-order valence-electron chi connectivity index (χ3n) is 3.13. The highest BCUT2D eigenvalue weighted by molar-refractivity contribution is 6.32. The van der Waals surface area contributed by atoms with E-state index in [9.17, 15) is 4.79 Å². The Morgan fingerprint density at radius 3 is 2.50 bits per heavy atom. The molecule has 0 fully saturated rings. The molecule has 2 aromatic carbocycles. The first-order valence-corrected chi connectivity index (χ1v) is 8.38. The summed E-state index contributed by atoms with van der Waals surface area (Å²) in [5, 5.41) is 7.29. The van der Waals surface area contributed by atoms with E-state index in [1.807, 2.05) is 30.3 Å². The molecule has 2 aromatic rings. The van der Waals surface area contributed by atoms with Gasteiger partial charge in [-0.15, -0.1) is 0 Å². The monoisotopic (exact) mass is 375 g/mol. The van der Waals surface area contributed by atoms with Gasteiger partial charge in [0.2, 0.25) is 0 Å². The Hall–Kier alpha value is -2.73. The number of halogens is 1. The van der Waals surface area contributed by atoms with Gasteiger partial charge in [-0.2, -0.15) is 5.10 Å². The number of amides is 1. The lowest BCUT2D eigenvalue weighted by Gasteiger charge is -2.20. The third kappa shape index (κ3) is 5.97. The Bertz CT molecular complexity index is 787. The van der Waals surface area contributed by atoms with Gasteiger partial charge in [0.1, 0.15) is 11.4 Å². The molecule has 0 aliphatic rings. The SMILES string of the molecule is COc1cc(NC(=O)OC(C)(C)C)c(C=NNc2ccccc2)cc1Cl. The predicted molar refractivity (Wildman–Crippen MR) is 106 cm³/mol. The molecule has 2 rings (SSSR count). The van der Waals surface area contributed by atoms with Gasteiger partial charge in [-0.3, -0.25) is 10.7 Å². The number of rotatable bonds is 5. The molecule has 0 bridgehead atoms. The Kier molecular flexibility index (Phi) is 6.46. The summed E-state index contributed by atoms with van der Waals surface area (Å²) in [4.78, 5) is 12.1. The topological polar surface area (TPSA) is 72.0 Å². The number of benzene rings is 2. The summed E-state index contributed by atoms with van der Waals surface area (Å²) < 4.78 is 10.5.